The number of rotatable bonds is 6. The number of hydrogen-bond acceptors (Lipinski definition) is 3. The van der Waals surface area contributed by atoms with Crippen LogP contribution in [0.25, 0.3) is 0 Å². The maximum atomic E-state index is 12.8. The fraction of sp³-hybridized carbons (Fsp3) is 0.556. The first-order valence-electron chi connectivity index (χ1n) is 8.52. The van der Waals surface area contributed by atoms with E-state index in [2.05, 4.69) is 5.32 Å². The molecule has 1 heterocycles. The Labute approximate surface area is 136 Å². The number of aliphatic hydroxyl groups excluding tert-OH is 1. The van der Waals surface area contributed by atoms with E-state index in [0.717, 1.165) is 45.1 Å². The van der Waals surface area contributed by atoms with Gasteiger partial charge in [-0.2, -0.15) is 0 Å². The van der Waals surface area contributed by atoms with Gasteiger partial charge in [-0.05, 0) is 56.7 Å². The van der Waals surface area contributed by atoms with Crippen LogP contribution < -0.4 is 5.32 Å². The average molecular weight is 316 g/mol. The number of carbonyl (C=O) groups is 2. The lowest BCUT2D eigenvalue weighted by molar-refractivity contribution is -0.117. The first-order chi connectivity index (χ1) is 11.2. The SMILES string of the molecule is O=C(Nc1cccc(C(=O)N2CCCC2CCCO)c1)C1CC1. The maximum absolute atomic E-state index is 12.8. The molecule has 1 atom stereocenters. The number of aliphatic hydroxyl groups is 1. The van der Waals surface area contributed by atoms with Gasteiger partial charge < -0.3 is 15.3 Å². The van der Waals surface area contributed by atoms with Gasteiger partial charge in [0.05, 0.1) is 0 Å². The van der Waals surface area contributed by atoms with E-state index in [9.17, 15) is 9.59 Å². The summed E-state index contributed by atoms with van der Waals surface area (Å²) >= 11 is 0. The van der Waals surface area contributed by atoms with Crippen molar-refractivity contribution in [3.8, 4) is 0 Å². The highest BCUT2D eigenvalue weighted by Gasteiger charge is 2.31. The third-order valence-corrected chi connectivity index (χ3v) is 4.66. The molecule has 2 amide bonds. The van der Waals surface area contributed by atoms with Gasteiger partial charge in [0.2, 0.25) is 5.91 Å². The lowest BCUT2D eigenvalue weighted by Gasteiger charge is -2.25. The standard InChI is InChI=1S/C18H24N2O3/c21-11-3-7-16-6-2-10-20(16)18(23)14-4-1-5-15(12-14)19-17(22)13-8-9-13/h1,4-5,12-13,16,21H,2-3,6-11H2,(H,19,22). The van der Waals surface area contributed by atoms with E-state index < -0.39 is 0 Å². The van der Waals surface area contributed by atoms with Crippen LogP contribution in [0.15, 0.2) is 24.3 Å². The molecule has 1 aliphatic carbocycles. The average Bonchev–Trinajstić information content (AvgIpc) is 3.31. The van der Waals surface area contributed by atoms with Gasteiger partial charge >= 0.3 is 0 Å². The second-order valence-electron chi connectivity index (χ2n) is 6.50. The third kappa shape index (κ3) is 3.91. The van der Waals surface area contributed by atoms with Gasteiger partial charge in [-0.15, -0.1) is 0 Å². The molecule has 1 saturated heterocycles. The molecule has 2 fully saturated rings. The Morgan fingerprint density at radius 3 is 2.83 bits per heavy atom. The molecule has 5 nitrogen and oxygen atoms in total. The van der Waals surface area contributed by atoms with E-state index in [0.29, 0.717) is 11.3 Å². The van der Waals surface area contributed by atoms with Crippen LogP contribution in [-0.2, 0) is 4.79 Å². The highest BCUT2D eigenvalue weighted by molar-refractivity contribution is 5.98. The summed E-state index contributed by atoms with van der Waals surface area (Å²) < 4.78 is 0. The quantitative estimate of drug-likeness (QED) is 0.847. The van der Waals surface area contributed by atoms with E-state index in [1.54, 1.807) is 12.1 Å². The summed E-state index contributed by atoms with van der Waals surface area (Å²) in [7, 11) is 0. The molecule has 0 radical (unpaired) electrons. The zero-order chi connectivity index (χ0) is 16.2. The molecule has 1 aromatic carbocycles. The molecule has 1 aliphatic heterocycles. The molecule has 1 aromatic rings. The van der Waals surface area contributed by atoms with Gasteiger partial charge in [-0.25, -0.2) is 0 Å². The second-order valence-corrected chi connectivity index (χ2v) is 6.50. The summed E-state index contributed by atoms with van der Waals surface area (Å²) in [6.07, 6.45) is 5.52. The van der Waals surface area contributed by atoms with Crippen molar-refractivity contribution in [2.75, 3.05) is 18.5 Å². The van der Waals surface area contributed by atoms with Crippen LogP contribution in [-0.4, -0.2) is 41.0 Å². The normalized spacial score (nSPS) is 20.6. The summed E-state index contributed by atoms with van der Waals surface area (Å²) in [6.45, 7) is 0.939. The number of amides is 2. The lowest BCUT2D eigenvalue weighted by atomic mass is 10.1. The topological polar surface area (TPSA) is 69.6 Å². The number of benzene rings is 1. The molecule has 0 spiro atoms. The van der Waals surface area contributed by atoms with Crippen molar-refractivity contribution >= 4 is 17.5 Å². The first-order valence-corrected chi connectivity index (χ1v) is 8.52. The minimum atomic E-state index is 0.0213. The van der Waals surface area contributed by atoms with Gasteiger partial charge in [0, 0.05) is 36.4 Å². The molecular formula is C18H24N2O3. The molecule has 0 aromatic heterocycles. The van der Waals surface area contributed by atoms with Crippen LogP contribution in [0.4, 0.5) is 5.69 Å². The van der Waals surface area contributed by atoms with Crippen LogP contribution in [0.1, 0.15) is 48.9 Å². The maximum Gasteiger partial charge on any atom is 0.254 e. The molecule has 5 heteroatoms. The molecular weight excluding hydrogens is 292 g/mol. The molecule has 2 aliphatic rings. The van der Waals surface area contributed by atoms with E-state index in [1.165, 1.54) is 0 Å². The van der Waals surface area contributed by atoms with E-state index in [4.69, 9.17) is 5.11 Å². The van der Waals surface area contributed by atoms with Gasteiger partial charge in [0.15, 0.2) is 0 Å². The van der Waals surface area contributed by atoms with Crippen molar-refractivity contribution < 1.29 is 14.7 Å². The Morgan fingerprint density at radius 1 is 1.26 bits per heavy atom. The van der Waals surface area contributed by atoms with Gasteiger partial charge in [0.25, 0.3) is 5.91 Å². The molecule has 0 bridgehead atoms. The molecule has 124 valence electrons. The predicted octanol–water partition coefficient (Wildman–Crippen LogP) is 2.41. The summed E-state index contributed by atoms with van der Waals surface area (Å²) in [4.78, 5) is 26.5. The number of nitrogens with one attached hydrogen (secondary N) is 1. The zero-order valence-corrected chi connectivity index (χ0v) is 13.3. The summed E-state index contributed by atoms with van der Waals surface area (Å²) in [5.41, 5.74) is 1.31. The van der Waals surface area contributed by atoms with Crippen LogP contribution >= 0.6 is 0 Å². The summed E-state index contributed by atoms with van der Waals surface area (Å²) in [5.74, 6) is 0.223. The molecule has 1 saturated carbocycles. The molecule has 23 heavy (non-hydrogen) atoms. The molecule has 3 rings (SSSR count). The number of nitrogens with zero attached hydrogens (tertiary/aromatic N) is 1. The number of carbonyl (C=O) groups excluding carboxylic acids is 2. The van der Waals surface area contributed by atoms with Crippen molar-refractivity contribution in [3.63, 3.8) is 0 Å². The Kier molecular flexibility index (Phi) is 4.96. The monoisotopic (exact) mass is 316 g/mol. The van der Waals surface area contributed by atoms with Gasteiger partial charge in [-0.3, -0.25) is 9.59 Å². The Hall–Kier alpha value is -1.88. The van der Waals surface area contributed by atoms with E-state index in [1.807, 2.05) is 17.0 Å². The molecule has 1 unspecified atom stereocenters. The largest absolute Gasteiger partial charge is 0.396 e. The number of hydrogen-bond donors (Lipinski definition) is 2. The smallest absolute Gasteiger partial charge is 0.254 e. The minimum Gasteiger partial charge on any atom is -0.396 e. The van der Waals surface area contributed by atoms with Crippen LogP contribution in [0, 0.1) is 5.92 Å². The number of anilines is 1. The van der Waals surface area contributed by atoms with Gasteiger partial charge in [0.1, 0.15) is 0 Å². The summed E-state index contributed by atoms with van der Waals surface area (Å²) in [6, 6.07) is 7.43. The Balaban J connectivity index is 1.67. The van der Waals surface area contributed by atoms with Crippen LogP contribution in [0.5, 0.6) is 0 Å². The fourth-order valence-corrected chi connectivity index (χ4v) is 3.22. The van der Waals surface area contributed by atoms with Crippen molar-refractivity contribution in [1.29, 1.82) is 0 Å². The van der Waals surface area contributed by atoms with E-state index >= 15 is 0 Å². The lowest BCUT2D eigenvalue weighted by Crippen LogP contribution is -2.35. The summed E-state index contributed by atoms with van der Waals surface area (Å²) in [5, 5.41) is 11.9. The Morgan fingerprint density at radius 2 is 2.09 bits per heavy atom. The second kappa shape index (κ2) is 7.13. The zero-order valence-electron chi connectivity index (χ0n) is 13.3. The molecule has 2 N–H and O–H groups in total. The number of likely N-dealkylation sites (tertiary alicyclic amines) is 1. The minimum absolute atomic E-state index is 0.0213. The van der Waals surface area contributed by atoms with Crippen molar-refractivity contribution in [2.24, 2.45) is 5.92 Å². The van der Waals surface area contributed by atoms with E-state index in [-0.39, 0.29) is 30.4 Å². The predicted molar refractivity (Wildman–Crippen MR) is 88.2 cm³/mol. The van der Waals surface area contributed by atoms with Crippen LogP contribution in [0.2, 0.25) is 0 Å². The highest BCUT2D eigenvalue weighted by atomic mass is 16.3. The third-order valence-electron chi connectivity index (χ3n) is 4.66. The van der Waals surface area contributed by atoms with Crippen molar-refractivity contribution in [2.45, 2.75) is 44.6 Å². The Bertz CT molecular complexity index is 583. The first kappa shape index (κ1) is 16.0. The van der Waals surface area contributed by atoms with Crippen molar-refractivity contribution in [3.05, 3.63) is 29.8 Å². The van der Waals surface area contributed by atoms with Gasteiger partial charge in [-0.1, -0.05) is 6.07 Å². The van der Waals surface area contributed by atoms with Crippen LogP contribution in [0.3, 0.4) is 0 Å². The highest BCUT2D eigenvalue weighted by Crippen LogP contribution is 2.30. The fourth-order valence-electron chi connectivity index (χ4n) is 3.22. The van der Waals surface area contributed by atoms with Crippen molar-refractivity contribution in [1.82, 2.24) is 4.90 Å².